The molecule has 2 fully saturated rings. The molecule has 0 amide bonds. The Labute approximate surface area is 142 Å². The number of rotatable bonds is 5. The molecule has 1 saturated heterocycles. The Bertz CT molecular complexity index is 638. The highest BCUT2D eigenvalue weighted by Crippen LogP contribution is 2.33. The van der Waals surface area contributed by atoms with E-state index in [9.17, 15) is 0 Å². The van der Waals surface area contributed by atoms with Crippen LogP contribution in [0.25, 0.3) is 0 Å². The highest BCUT2D eigenvalue weighted by atomic mass is 16.5. The van der Waals surface area contributed by atoms with Gasteiger partial charge in [0.1, 0.15) is 0 Å². The normalized spacial score (nSPS) is 27.1. The fourth-order valence-corrected chi connectivity index (χ4v) is 3.75. The number of ether oxygens (including phenoxy) is 2. The number of pyridine rings is 2. The molecule has 0 aromatic carbocycles. The van der Waals surface area contributed by atoms with E-state index in [1.54, 1.807) is 0 Å². The van der Waals surface area contributed by atoms with Gasteiger partial charge in [0.2, 0.25) is 0 Å². The quantitative estimate of drug-likeness (QED) is 0.845. The summed E-state index contributed by atoms with van der Waals surface area (Å²) >= 11 is 0. The Kier molecular flexibility index (Phi) is 4.83. The number of hydrogen-bond acceptors (Lipinski definition) is 5. The van der Waals surface area contributed by atoms with E-state index >= 15 is 0 Å². The van der Waals surface area contributed by atoms with Crippen LogP contribution in [0.1, 0.15) is 24.1 Å². The molecule has 3 heterocycles. The Morgan fingerprint density at radius 1 is 1.12 bits per heavy atom. The fraction of sp³-hybridized carbons (Fsp3) is 0.474. The molecule has 3 atom stereocenters. The van der Waals surface area contributed by atoms with Crippen molar-refractivity contribution in [3.05, 3.63) is 60.2 Å². The Morgan fingerprint density at radius 3 is 2.88 bits per heavy atom. The van der Waals surface area contributed by atoms with Crippen LogP contribution in [0.15, 0.2) is 48.9 Å². The minimum Gasteiger partial charge on any atom is -0.373 e. The lowest BCUT2D eigenvalue weighted by molar-refractivity contribution is -0.118. The van der Waals surface area contributed by atoms with Crippen LogP contribution in [0.3, 0.4) is 0 Å². The summed E-state index contributed by atoms with van der Waals surface area (Å²) < 4.78 is 12.2. The van der Waals surface area contributed by atoms with E-state index in [0.717, 1.165) is 43.8 Å². The third-order valence-electron chi connectivity index (χ3n) is 4.96. The van der Waals surface area contributed by atoms with Crippen LogP contribution in [0.5, 0.6) is 0 Å². The van der Waals surface area contributed by atoms with Gasteiger partial charge in [-0.2, -0.15) is 0 Å². The van der Waals surface area contributed by atoms with Gasteiger partial charge in [0.15, 0.2) is 0 Å². The smallest absolute Gasteiger partial charge is 0.0992 e. The van der Waals surface area contributed by atoms with Crippen molar-refractivity contribution in [2.75, 3.05) is 13.2 Å². The topological polar surface area (TPSA) is 47.5 Å². The lowest BCUT2D eigenvalue weighted by Crippen LogP contribution is -2.51. The summed E-state index contributed by atoms with van der Waals surface area (Å²) in [4.78, 5) is 11.0. The molecule has 0 spiro atoms. The van der Waals surface area contributed by atoms with Crippen LogP contribution < -0.4 is 0 Å². The van der Waals surface area contributed by atoms with Gasteiger partial charge in [-0.1, -0.05) is 6.07 Å². The van der Waals surface area contributed by atoms with Crippen LogP contribution in [0, 0.1) is 0 Å². The van der Waals surface area contributed by atoms with Gasteiger partial charge in [0.25, 0.3) is 0 Å². The minimum atomic E-state index is 0.171. The number of nitrogens with zero attached hydrogens (tertiary/aromatic N) is 3. The number of fused-ring (bicyclic) bond motifs is 1. The zero-order chi connectivity index (χ0) is 16.2. The first-order valence-electron chi connectivity index (χ1n) is 8.66. The maximum atomic E-state index is 6.16. The monoisotopic (exact) mass is 325 g/mol. The summed E-state index contributed by atoms with van der Waals surface area (Å²) in [5.74, 6) is 0. The molecular weight excluding hydrogens is 302 g/mol. The highest BCUT2D eigenvalue weighted by molar-refractivity contribution is 5.09. The molecule has 126 valence electrons. The molecule has 2 aromatic rings. The first-order valence-corrected chi connectivity index (χ1v) is 8.66. The maximum Gasteiger partial charge on any atom is 0.0992 e. The van der Waals surface area contributed by atoms with Gasteiger partial charge >= 0.3 is 0 Å². The third-order valence-corrected chi connectivity index (χ3v) is 4.96. The Hall–Kier alpha value is -1.82. The van der Waals surface area contributed by atoms with Gasteiger partial charge in [0, 0.05) is 37.7 Å². The molecule has 5 heteroatoms. The first kappa shape index (κ1) is 15.7. The van der Waals surface area contributed by atoms with E-state index in [1.807, 2.05) is 36.8 Å². The summed E-state index contributed by atoms with van der Waals surface area (Å²) in [6, 6.07) is 10.5. The van der Waals surface area contributed by atoms with E-state index in [2.05, 4.69) is 27.0 Å². The van der Waals surface area contributed by atoms with Crippen molar-refractivity contribution in [2.45, 2.75) is 44.2 Å². The summed E-state index contributed by atoms with van der Waals surface area (Å²) in [6.45, 7) is 3.25. The largest absolute Gasteiger partial charge is 0.373 e. The standard InChI is InChI=1S/C19H23N3O2/c1-2-8-21-16(3-1)13-22-11-12-23-19-17(22)4-5-18(19)24-14-15-6-9-20-10-7-15/h1-3,6-10,17-19H,4-5,11-14H2/t17-,18-,19-/m1/s1. The summed E-state index contributed by atoms with van der Waals surface area (Å²) in [5.41, 5.74) is 2.29. The molecule has 24 heavy (non-hydrogen) atoms. The summed E-state index contributed by atoms with van der Waals surface area (Å²) in [7, 11) is 0. The fourth-order valence-electron chi connectivity index (χ4n) is 3.75. The van der Waals surface area contributed by atoms with Gasteiger partial charge < -0.3 is 9.47 Å². The van der Waals surface area contributed by atoms with Crippen molar-refractivity contribution >= 4 is 0 Å². The van der Waals surface area contributed by atoms with Crippen LogP contribution >= 0.6 is 0 Å². The average Bonchev–Trinajstić information content (AvgIpc) is 3.06. The zero-order valence-electron chi connectivity index (χ0n) is 13.8. The molecule has 1 aliphatic heterocycles. The zero-order valence-corrected chi connectivity index (χ0v) is 13.8. The van der Waals surface area contributed by atoms with Crippen molar-refractivity contribution in [1.82, 2.24) is 14.9 Å². The van der Waals surface area contributed by atoms with Crippen molar-refractivity contribution in [3.8, 4) is 0 Å². The van der Waals surface area contributed by atoms with Crippen molar-refractivity contribution in [3.63, 3.8) is 0 Å². The van der Waals surface area contributed by atoms with Gasteiger partial charge in [-0.15, -0.1) is 0 Å². The molecular formula is C19H23N3O2. The maximum absolute atomic E-state index is 6.16. The molecule has 2 aromatic heterocycles. The third kappa shape index (κ3) is 3.48. The molecule has 0 unspecified atom stereocenters. The second-order valence-corrected chi connectivity index (χ2v) is 6.48. The predicted octanol–water partition coefficient (Wildman–Crippen LogP) is 2.43. The van der Waals surface area contributed by atoms with Gasteiger partial charge in [-0.25, -0.2) is 0 Å². The van der Waals surface area contributed by atoms with E-state index in [1.165, 1.54) is 0 Å². The predicted molar refractivity (Wildman–Crippen MR) is 90.2 cm³/mol. The second-order valence-electron chi connectivity index (χ2n) is 6.48. The molecule has 1 saturated carbocycles. The minimum absolute atomic E-state index is 0.171. The lowest BCUT2D eigenvalue weighted by Gasteiger charge is -2.38. The molecule has 0 radical (unpaired) electrons. The van der Waals surface area contributed by atoms with Gasteiger partial charge in [0.05, 0.1) is 31.1 Å². The van der Waals surface area contributed by atoms with Crippen molar-refractivity contribution < 1.29 is 9.47 Å². The molecule has 1 aliphatic carbocycles. The van der Waals surface area contributed by atoms with Crippen molar-refractivity contribution in [2.24, 2.45) is 0 Å². The van der Waals surface area contributed by atoms with Crippen LogP contribution in [0.4, 0.5) is 0 Å². The average molecular weight is 325 g/mol. The van der Waals surface area contributed by atoms with Crippen LogP contribution in [-0.4, -0.2) is 46.3 Å². The molecule has 0 bridgehead atoms. The van der Waals surface area contributed by atoms with Crippen LogP contribution in [-0.2, 0) is 22.6 Å². The first-order chi connectivity index (χ1) is 11.9. The number of morpholine rings is 1. The van der Waals surface area contributed by atoms with E-state index in [0.29, 0.717) is 12.6 Å². The van der Waals surface area contributed by atoms with E-state index in [-0.39, 0.29) is 12.2 Å². The molecule has 5 nitrogen and oxygen atoms in total. The van der Waals surface area contributed by atoms with Crippen LogP contribution in [0.2, 0.25) is 0 Å². The highest BCUT2D eigenvalue weighted by Gasteiger charge is 2.43. The van der Waals surface area contributed by atoms with Gasteiger partial charge in [-0.3, -0.25) is 14.9 Å². The molecule has 0 N–H and O–H groups in total. The number of aromatic nitrogens is 2. The van der Waals surface area contributed by atoms with Gasteiger partial charge in [-0.05, 0) is 42.7 Å². The Morgan fingerprint density at radius 2 is 2.04 bits per heavy atom. The SMILES string of the molecule is c1ccc(CN2CCO[C@@H]3[C@H]2CC[C@H]3OCc2ccncc2)nc1. The summed E-state index contributed by atoms with van der Waals surface area (Å²) in [6.07, 6.45) is 8.00. The van der Waals surface area contributed by atoms with Crippen molar-refractivity contribution in [1.29, 1.82) is 0 Å². The lowest BCUT2D eigenvalue weighted by atomic mass is 10.1. The molecule has 2 aliphatic rings. The molecule has 4 rings (SSSR count). The second kappa shape index (κ2) is 7.38. The Balaban J connectivity index is 1.37. The van der Waals surface area contributed by atoms with E-state index < -0.39 is 0 Å². The number of hydrogen-bond donors (Lipinski definition) is 0. The summed E-state index contributed by atoms with van der Waals surface area (Å²) in [5, 5.41) is 0. The van der Waals surface area contributed by atoms with E-state index in [4.69, 9.17) is 9.47 Å².